The highest BCUT2D eigenvalue weighted by Gasteiger charge is 2.24. The average molecular weight is 244 g/mol. The summed E-state index contributed by atoms with van der Waals surface area (Å²) in [5.41, 5.74) is 9.06. The molecule has 2 fully saturated rings. The van der Waals surface area contributed by atoms with Crippen molar-refractivity contribution in [3.05, 3.63) is 35.4 Å². The van der Waals surface area contributed by atoms with Crippen LogP contribution < -0.4 is 5.73 Å². The molecule has 2 atom stereocenters. The molecule has 0 amide bonds. The molecule has 98 valence electrons. The molecule has 1 heterocycles. The van der Waals surface area contributed by atoms with Gasteiger partial charge in [-0.3, -0.25) is 4.90 Å². The highest BCUT2D eigenvalue weighted by atomic mass is 15.1. The maximum absolute atomic E-state index is 6.10. The molecule has 1 saturated carbocycles. The summed E-state index contributed by atoms with van der Waals surface area (Å²) >= 11 is 0. The van der Waals surface area contributed by atoms with Gasteiger partial charge >= 0.3 is 0 Å². The monoisotopic (exact) mass is 244 g/mol. The molecule has 1 saturated heterocycles. The van der Waals surface area contributed by atoms with Crippen LogP contribution in [0, 0.1) is 5.92 Å². The van der Waals surface area contributed by atoms with Crippen LogP contribution in [0.4, 0.5) is 0 Å². The van der Waals surface area contributed by atoms with Gasteiger partial charge in [0.05, 0.1) is 0 Å². The van der Waals surface area contributed by atoms with Crippen LogP contribution in [0.5, 0.6) is 0 Å². The second-order valence-electron chi connectivity index (χ2n) is 6.31. The highest BCUT2D eigenvalue weighted by molar-refractivity contribution is 5.28. The number of nitrogens with zero attached hydrogens (tertiary/aromatic N) is 1. The number of benzene rings is 1. The van der Waals surface area contributed by atoms with Gasteiger partial charge in [-0.25, -0.2) is 0 Å². The third-order valence-electron chi connectivity index (χ3n) is 4.20. The van der Waals surface area contributed by atoms with Crippen LogP contribution in [0.25, 0.3) is 0 Å². The summed E-state index contributed by atoms with van der Waals surface area (Å²) < 4.78 is 0. The minimum absolute atomic E-state index is 0.361. The fourth-order valence-electron chi connectivity index (χ4n) is 3.21. The first-order chi connectivity index (χ1) is 8.70. The lowest BCUT2D eigenvalue weighted by molar-refractivity contribution is 0.158. The van der Waals surface area contributed by atoms with E-state index in [0.29, 0.717) is 6.04 Å². The van der Waals surface area contributed by atoms with Crippen molar-refractivity contribution in [2.45, 2.75) is 44.7 Å². The van der Waals surface area contributed by atoms with E-state index in [1.807, 2.05) is 0 Å². The number of nitrogens with two attached hydrogens (primary N) is 1. The molecule has 1 aliphatic carbocycles. The van der Waals surface area contributed by atoms with Gasteiger partial charge in [0.1, 0.15) is 0 Å². The van der Waals surface area contributed by atoms with Gasteiger partial charge in [-0.15, -0.1) is 0 Å². The molecule has 1 aromatic rings. The Balaban J connectivity index is 1.61. The van der Waals surface area contributed by atoms with Crippen molar-refractivity contribution < 1.29 is 0 Å². The number of likely N-dealkylation sites (tertiary alicyclic amines) is 1. The summed E-state index contributed by atoms with van der Waals surface area (Å²) in [6.45, 7) is 5.61. The third kappa shape index (κ3) is 2.93. The summed E-state index contributed by atoms with van der Waals surface area (Å²) in [5.74, 6) is 1.60. The first-order valence-corrected chi connectivity index (χ1v) is 7.27. The summed E-state index contributed by atoms with van der Waals surface area (Å²) in [4.78, 5) is 2.50. The zero-order valence-electron chi connectivity index (χ0n) is 11.3. The fraction of sp³-hybridized carbons (Fsp3) is 0.625. The van der Waals surface area contributed by atoms with Crippen LogP contribution >= 0.6 is 0 Å². The van der Waals surface area contributed by atoms with Crippen LogP contribution in [0.2, 0.25) is 0 Å². The van der Waals surface area contributed by atoms with Gasteiger partial charge in [-0.05, 0) is 42.2 Å². The number of piperidine rings is 1. The molecule has 1 aliphatic heterocycles. The summed E-state index contributed by atoms with van der Waals surface area (Å²) in [7, 11) is 0. The zero-order chi connectivity index (χ0) is 12.5. The van der Waals surface area contributed by atoms with E-state index in [-0.39, 0.29) is 0 Å². The van der Waals surface area contributed by atoms with Crippen molar-refractivity contribution in [3.8, 4) is 0 Å². The minimum Gasteiger partial charge on any atom is -0.327 e. The summed E-state index contributed by atoms with van der Waals surface area (Å²) in [6, 6.07) is 9.61. The lowest BCUT2D eigenvalue weighted by atomic mass is 9.96. The van der Waals surface area contributed by atoms with Crippen molar-refractivity contribution in [2.75, 3.05) is 13.1 Å². The summed E-state index contributed by atoms with van der Waals surface area (Å²) in [5, 5.41) is 0. The Labute approximate surface area is 110 Å². The zero-order valence-corrected chi connectivity index (χ0v) is 11.3. The molecule has 2 nitrogen and oxygen atoms in total. The molecular weight excluding hydrogens is 220 g/mol. The Bertz CT molecular complexity index is 384. The van der Waals surface area contributed by atoms with Crippen molar-refractivity contribution >= 4 is 0 Å². The first kappa shape index (κ1) is 12.2. The molecular formula is C16H24N2. The standard InChI is InChI=1S/C16H24N2/c1-12-8-16(17)11-18(9-12)10-13-2-4-14(5-3-13)15-6-7-15/h2-5,12,15-16H,6-11,17H2,1H3. The normalized spacial score (nSPS) is 29.4. The molecule has 3 rings (SSSR count). The van der Waals surface area contributed by atoms with Gasteiger partial charge in [-0.2, -0.15) is 0 Å². The van der Waals surface area contributed by atoms with Crippen LogP contribution in [-0.2, 0) is 6.54 Å². The van der Waals surface area contributed by atoms with E-state index in [9.17, 15) is 0 Å². The quantitative estimate of drug-likeness (QED) is 0.886. The third-order valence-corrected chi connectivity index (χ3v) is 4.20. The topological polar surface area (TPSA) is 29.3 Å². The van der Waals surface area contributed by atoms with Crippen LogP contribution in [0.15, 0.2) is 24.3 Å². The predicted molar refractivity (Wildman–Crippen MR) is 75.5 cm³/mol. The van der Waals surface area contributed by atoms with Crippen molar-refractivity contribution in [1.82, 2.24) is 4.90 Å². The van der Waals surface area contributed by atoms with Gasteiger partial charge in [0, 0.05) is 25.7 Å². The lowest BCUT2D eigenvalue weighted by Gasteiger charge is -2.34. The first-order valence-electron chi connectivity index (χ1n) is 7.27. The van der Waals surface area contributed by atoms with Gasteiger partial charge in [-0.1, -0.05) is 31.2 Å². The lowest BCUT2D eigenvalue weighted by Crippen LogP contribution is -2.45. The van der Waals surface area contributed by atoms with E-state index < -0.39 is 0 Å². The van der Waals surface area contributed by atoms with E-state index in [0.717, 1.165) is 24.9 Å². The molecule has 0 radical (unpaired) electrons. The maximum Gasteiger partial charge on any atom is 0.0234 e. The number of rotatable bonds is 3. The van der Waals surface area contributed by atoms with Crippen molar-refractivity contribution in [2.24, 2.45) is 11.7 Å². The Morgan fingerprint density at radius 2 is 1.89 bits per heavy atom. The molecule has 2 unspecified atom stereocenters. The second kappa shape index (κ2) is 5.02. The average Bonchev–Trinajstić information content (AvgIpc) is 3.12. The Morgan fingerprint density at radius 1 is 1.17 bits per heavy atom. The molecule has 2 aliphatic rings. The molecule has 2 N–H and O–H groups in total. The van der Waals surface area contributed by atoms with Crippen LogP contribution in [0.1, 0.15) is 43.2 Å². The van der Waals surface area contributed by atoms with Gasteiger partial charge in [0.15, 0.2) is 0 Å². The Morgan fingerprint density at radius 3 is 2.50 bits per heavy atom. The number of hydrogen-bond acceptors (Lipinski definition) is 2. The Kier molecular flexibility index (Phi) is 3.40. The predicted octanol–water partition coefficient (Wildman–Crippen LogP) is 2.73. The fourth-order valence-corrected chi connectivity index (χ4v) is 3.21. The van der Waals surface area contributed by atoms with E-state index in [1.54, 1.807) is 0 Å². The molecule has 0 aromatic heterocycles. The van der Waals surface area contributed by atoms with Gasteiger partial charge < -0.3 is 5.73 Å². The van der Waals surface area contributed by atoms with E-state index in [1.165, 1.54) is 36.9 Å². The van der Waals surface area contributed by atoms with E-state index >= 15 is 0 Å². The van der Waals surface area contributed by atoms with Gasteiger partial charge in [0.25, 0.3) is 0 Å². The number of hydrogen-bond donors (Lipinski definition) is 1. The maximum atomic E-state index is 6.10. The molecule has 0 spiro atoms. The second-order valence-corrected chi connectivity index (χ2v) is 6.31. The van der Waals surface area contributed by atoms with Crippen molar-refractivity contribution in [1.29, 1.82) is 0 Å². The highest BCUT2D eigenvalue weighted by Crippen LogP contribution is 2.39. The molecule has 1 aromatic carbocycles. The molecule has 2 heteroatoms. The molecule has 0 bridgehead atoms. The summed E-state index contributed by atoms with van der Waals surface area (Å²) in [6.07, 6.45) is 3.95. The van der Waals surface area contributed by atoms with Crippen LogP contribution in [-0.4, -0.2) is 24.0 Å². The Hall–Kier alpha value is -0.860. The molecule has 18 heavy (non-hydrogen) atoms. The smallest absolute Gasteiger partial charge is 0.0234 e. The van der Waals surface area contributed by atoms with E-state index in [2.05, 4.69) is 36.1 Å². The van der Waals surface area contributed by atoms with Crippen LogP contribution in [0.3, 0.4) is 0 Å². The largest absolute Gasteiger partial charge is 0.327 e. The SMILES string of the molecule is CC1CC(N)CN(Cc2ccc(C3CC3)cc2)C1. The van der Waals surface area contributed by atoms with Crippen molar-refractivity contribution in [3.63, 3.8) is 0 Å². The van der Waals surface area contributed by atoms with E-state index in [4.69, 9.17) is 5.73 Å². The van der Waals surface area contributed by atoms with Gasteiger partial charge in [0.2, 0.25) is 0 Å². The minimum atomic E-state index is 0.361.